The fraction of sp³-hybridized carbons (Fsp3) is 0.611. The number of carbonyl (C=O) groups excluding carboxylic acids is 1. The monoisotopic (exact) mass is 286 g/mol. The van der Waals surface area contributed by atoms with Crippen LogP contribution in [0.15, 0.2) is 30.3 Å². The number of piperidine rings is 1. The van der Waals surface area contributed by atoms with Crippen molar-refractivity contribution in [3.8, 4) is 0 Å². The second-order valence-electron chi connectivity index (χ2n) is 6.67. The summed E-state index contributed by atoms with van der Waals surface area (Å²) in [4.78, 5) is 13.8. The van der Waals surface area contributed by atoms with Gasteiger partial charge in [-0.3, -0.25) is 4.79 Å². The van der Waals surface area contributed by atoms with Crippen LogP contribution >= 0.6 is 0 Å². The minimum absolute atomic E-state index is 0.200. The predicted molar refractivity (Wildman–Crippen MR) is 85.2 cm³/mol. The fourth-order valence-electron chi connectivity index (χ4n) is 3.50. The average Bonchev–Trinajstić information content (AvgIpc) is 2.46. The molecule has 0 spiro atoms. The molecular weight excluding hydrogens is 260 g/mol. The lowest BCUT2D eigenvalue weighted by Crippen LogP contribution is -2.51. The Morgan fingerprint density at radius 1 is 1.24 bits per heavy atom. The summed E-state index contributed by atoms with van der Waals surface area (Å²) in [7, 11) is 0. The molecule has 1 aliphatic carbocycles. The van der Waals surface area contributed by atoms with E-state index in [4.69, 9.17) is 0 Å². The molecule has 1 amide bonds. The van der Waals surface area contributed by atoms with Crippen molar-refractivity contribution in [2.24, 2.45) is 5.92 Å². The lowest BCUT2D eigenvalue weighted by molar-refractivity contribution is -0.130. The molecule has 2 unspecified atom stereocenters. The number of nitrogens with zero attached hydrogens (tertiary/aromatic N) is 1. The van der Waals surface area contributed by atoms with Gasteiger partial charge in [-0.25, -0.2) is 0 Å². The molecule has 1 saturated carbocycles. The van der Waals surface area contributed by atoms with Gasteiger partial charge >= 0.3 is 0 Å². The normalized spacial score (nSPS) is 26.4. The molecule has 2 fully saturated rings. The van der Waals surface area contributed by atoms with Crippen LogP contribution < -0.4 is 5.32 Å². The van der Waals surface area contributed by atoms with E-state index in [0.717, 1.165) is 32.0 Å². The van der Waals surface area contributed by atoms with Gasteiger partial charge in [0.05, 0.1) is 0 Å². The van der Waals surface area contributed by atoms with Crippen molar-refractivity contribution in [3.05, 3.63) is 35.9 Å². The van der Waals surface area contributed by atoms with Crippen LogP contribution in [-0.4, -0.2) is 36.5 Å². The van der Waals surface area contributed by atoms with Crippen LogP contribution in [0.3, 0.4) is 0 Å². The quantitative estimate of drug-likeness (QED) is 0.923. The number of nitrogens with one attached hydrogen (secondary N) is 1. The van der Waals surface area contributed by atoms with Crippen LogP contribution in [0.2, 0.25) is 0 Å². The summed E-state index contributed by atoms with van der Waals surface area (Å²) in [6.45, 7) is 4.54. The smallest absolute Gasteiger partial charge is 0.219 e. The van der Waals surface area contributed by atoms with Crippen LogP contribution in [0.1, 0.15) is 44.1 Å². The number of amides is 1. The molecule has 1 saturated heterocycles. The number of hydrogen-bond acceptors (Lipinski definition) is 2. The van der Waals surface area contributed by atoms with E-state index in [-0.39, 0.29) is 5.91 Å². The summed E-state index contributed by atoms with van der Waals surface area (Å²) in [5.74, 6) is 1.53. The Morgan fingerprint density at radius 2 is 2.00 bits per heavy atom. The van der Waals surface area contributed by atoms with E-state index >= 15 is 0 Å². The van der Waals surface area contributed by atoms with E-state index in [9.17, 15) is 4.79 Å². The molecule has 1 aromatic carbocycles. The van der Waals surface area contributed by atoms with Crippen molar-refractivity contribution < 1.29 is 4.79 Å². The highest BCUT2D eigenvalue weighted by Crippen LogP contribution is 2.29. The van der Waals surface area contributed by atoms with Crippen molar-refractivity contribution in [2.45, 2.75) is 44.6 Å². The summed E-state index contributed by atoms with van der Waals surface area (Å²) in [5, 5.41) is 3.71. The van der Waals surface area contributed by atoms with Crippen LogP contribution in [0.25, 0.3) is 0 Å². The van der Waals surface area contributed by atoms with Gasteiger partial charge in [0, 0.05) is 32.0 Å². The van der Waals surface area contributed by atoms with E-state index in [1.165, 1.54) is 24.8 Å². The first-order chi connectivity index (χ1) is 10.2. The molecule has 21 heavy (non-hydrogen) atoms. The molecular formula is C18H26N2O. The Hall–Kier alpha value is -1.35. The van der Waals surface area contributed by atoms with Crippen LogP contribution in [0.4, 0.5) is 0 Å². The molecule has 1 aromatic rings. The first-order valence-electron chi connectivity index (χ1n) is 8.26. The van der Waals surface area contributed by atoms with Gasteiger partial charge in [0.2, 0.25) is 5.91 Å². The summed E-state index contributed by atoms with van der Waals surface area (Å²) in [5.41, 5.74) is 1.36. The molecule has 3 rings (SSSR count). The summed E-state index contributed by atoms with van der Waals surface area (Å²) in [6, 6.07) is 11.1. The van der Waals surface area contributed by atoms with Gasteiger partial charge in [-0.2, -0.15) is 0 Å². The SMILES string of the molecule is CC(=O)N1CC(NCC2CCC2)CC(c2ccccc2)C1. The van der Waals surface area contributed by atoms with E-state index in [1.54, 1.807) is 6.92 Å². The molecule has 1 aliphatic heterocycles. The molecule has 1 heterocycles. The molecule has 3 nitrogen and oxygen atoms in total. The van der Waals surface area contributed by atoms with Gasteiger partial charge in [0.25, 0.3) is 0 Å². The molecule has 2 atom stereocenters. The third-order valence-corrected chi connectivity index (χ3v) is 5.09. The number of benzene rings is 1. The highest BCUT2D eigenvalue weighted by molar-refractivity contribution is 5.73. The van der Waals surface area contributed by atoms with Gasteiger partial charge in [0.15, 0.2) is 0 Å². The third kappa shape index (κ3) is 3.65. The zero-order valence-electron chi connectivity index (χ0n) is 12.9. The van der Waals surface area contributed by atoms with Gasteiger partial charge in [-0.15, -0.1) is 0 Å². The minimum atomic E-state index is 0.200. The number of rotatable bonds is 4. The number of hydrogen-bond donors (Lipinski definition) is 1. The number of carbonyl (C=O) groups is 1. The van der Waals surface area contributed by atoms with Crippen molar-refractivity contribution >= 4 is 5.91 Å². The summed E-state index contributed by atoms with van der Waals surface area (Å²) in [6.07, 6.45) is 5.28. The van der Waals surface area contributed by atoms with Gasteiger partial charge in [-0.1, -0.05) is 36.8 Å². The Kier molecular flexibility index (Phi) is 4.59. The van der Waals surface area contributed by atoms with Crippen molar-refractivity contribution in [1.29, 1.82) is 0 Å². The van der Waals surface area contributed by atoms with Crippen molar-refractivity contribution in [2.75, 3.05) is 19.6 Å². The Morgan fingerprint density at radius 3 is 2.62 bits per heavy atom. The van der Waals surface area contributed by atoms with E-state index < -0.39 is 0 Å². The summed E-state index contributed by atoms with van der Waals surface area (Å²) >= 11 is 0. The zero-order chi connectivity index (χ0) is 14.7. The van der Waals surface area contributed by atoms with Crippen molar-refractivity contribution in [3.63, 3.8) is 0 Å². The predicted octanol–water partition coefficient (Wildman–Crippen LogP) is 2.78. The molecule has 2 aliphatic rings. The molecule has 114 valence electrons. The summed E-state index contributed by atoms with van der Waals surface area (Å²) < 4.78 is 0. The third-order valence-electron chi connectivity index (χ3n) is 5.09. The van der Waals surface area contributed by atoms with Gasteiger partial charge < -0.3 is 10.2 Å². The van der Waals surface area contributed by atoms with Crippen LogP contribution in [0.5, 0.6) is 0 Å². The topological polar surface area (TPSA) is 32.3 Å². The number of likely N-dealkylation sites (tertiary alicyclic amines) is 1. The maximum absolute atomic E-state index is 11.8. The zero-order valence-corrected chi connectivity index (χ0v) is 12.9. The molecule has 0 radical (unpaired) electrons. The fourth-order valence-corrected chi connectivity index (χ4v) is 3.50. The molecule has 1 N–H and O–H groups in total. The molecule has 3 heteroatoms. The molecule has 0 bridgehead atoms. The average molecular weight is 286 g/mol. The Labute approximate surface area is 127 Å². The Bertz CT molecular complexity index is 469. The lowest BCUT2D eigenvalue weighted by atomic mass is 9.84. The minimum Gasteiger partial charge on any atom is -0.341 e. The Balaban J connectivity index is 1.64. The first kappa shape index (κ1) is 14.6. The highest BCUT2D eigenvalue weighted by atomic mass is 16.2. The van der Waals surface area contributed by atoms with E-state index in [2.05, 4.69) is 35.6 Å². The van der Waals surface area contributed by atoms with Crippen molar-refractivity contribution in [1.82, 2.24) is 10.2 Å². The molecule has 0 aromatic heterocycles. The second kappa shape index (κ2) is 6.61. The van der Waals surface area contributed by atoms with Crippen LogP contribution in [0, 0.1) is 5.92 Å². The lowest BCUT2D eigenvalue weighted by Gasteiger charge is -2.39. The maximum Gasteiger partial charge on any atom is 0.219 e. The van der Waals surface area contributed by atoms with Crippen LogP contribution in [-0.2, 0) is 4.79 Å². The first-order valence-corrected chi connectivity index (χ1v) is 8.26. The standard InChI is InChI=1S/C18H26N2O/c1-14(21)20-12-17(16-8-3-2-4-9-16)10-18(13-20)19-11-15-6-5-7-15/h2-4,8-9,15,17-19H,5-7,10-13H2,1H3. The highest BCUT2D eigenvalue weighted by Gasteiger charge is 2.30. The van der Waals surface area contributed by atoms with Gasteiger partial charge in [0.1, 0.15) is 0 Å². The second-order valence-corrected chi connectivity index (χ2v) is 6.67. The van der Waals surface area contributed by atoms with E-state index in [0.29, 0.717) is 12.0 Å². The maximum atomic E-state index is 11.8. The van der Waals surface area contributed by atoms with E-state index in [1.807, 2.05) is 4.90 Å². The van der Waals surface area contributed by atoms with Gasteiger partial charge in [-0.05, 0) is 37.3 Å². The largest absolute Gasteiger partial charge is 0.341 e.